The van der Waals surface area contributed by atoms with Crippen molar-refractivity contribution in [2.45, 2.75) is 53.1 Å². The first-order valence-corrected chi connectivity index (χ1v) is 7.84. The summed E-state index contributed by atoms with van der Waals surface area (Å²) in [6, 6.07) is 0.333. The minimum absolute atomic E-state index is 0.0727. The van der Waals surface area contributed by atoms with Crippen LogP contribution in [0.1, 0.15) is 41.0 Å². The number of carbonyl (C=O) groups is 1. The fourth-order valence-corrected chi connectivity index (χ4v) is 2.60. The molecule has 1 N–H and O–H groups in total. The Morgan fingerprint density at radius 3 is 2.29 bits per heavy atom. The molecule has 0 fully saturated rings. The maximum atomic E-state index is 12.0. The first-order chi connectivity index (χ1) is 8.06. The van der Waals surface area contributed by atoms with Crippen LogP contribution in [0.3, 0.4) is 0 Å². The lowest BCUT2D eigenvalue weighted by Gasteiger charge is -2.25. The maximum Gasteiger partial charge on any atom is 0.239 e. The molecular weight excluding hydrogens is 232 g/mol. The van der Waals surface area contributed by atoms with Gasteiger partial charge in [0.05, 0.1) is 6.04 Å². The Hall–Kier alpha value is -0.220. The van der Waals surface area contributed by atoms with Crippen LogP contribution in [0.4, 0.5) is 0 Å². The summed E-state index contributed by atoms with van der Waals surface area (Å²) in [5.74, 6) is 2.54. The fraction of sp³-hybridized carbons (Fsp3) is 0.923. The summed E-state index contributed by atoms with van der Waals surface area (Å²) < 4.78 is 0. The first-order valence-electron chi connectivity index (χ1n) is 6.69. The second-order valence-corrected chi connectivity index (χ2v) is 5.68. The van der Waals surface area contributed by atoms with Crippen LogP contribution >= 0.6 is 11.8 Å². The largest absolute Gasteiger partial charge is 0.342 e. The van der Waals surface area contributed by atoms with E-state index in [9.17, 15) is 4.79 Å². The zero-order valence-corrected chi connectivity index (χ0v) is 12.8. The van der Waals surface area contributed by atoms with E-state index in [1.54, 1.807) is 0 Å². The standard InChI is InChI=1S/C13H28N2OS/c1-6-15(7-2)13(16)12(5)14-11(4)9-10-17-8-3/h11-12,14H,6-10H2,1-5H3. The van der Waals surface area contributed by atoms with E-state index < -0.39 is 0 Å². The van der Waals surface area contributed by atoms with Crippen molar-refractivity contribution in [1.82, 2.24) is 10.2 Å². The second kappa shape index (κ2) is 9.77. The molecule has 0 aromatic carbocycles. The molecule has 0 saturated carbocycles. The first kappa shape index (κ1) is 16.8. The van der Waals surface area contributed by atoms with E-state index >= 15 is 0 Å². The summed E-state index contributed by atoms with van der Waals surface area (Å²) in [5.41, 5.74) is 0. The van der Waals surface area contributed by atoms with Gasteiger partial charge >= 0.3 is 0 Å². The van der Waals surface area contributed by atoms with Gasteiger partial charge in [0.15, 0.2) is 0 Å². The number of likely N-dealkylation sites (N-methyl/N-ethyl adjacent to an activating group) is 1. The van der Waals surface area contributed by atoms with Crippen LogP contribution in [-0.4, -0.2) is 47.5 Å². The average Bonchev–Trinajstić information content (AvgIpc) is 2.30. The van der Waals surface area contributed by atoms with Crippen molar-refractivity contribution >= 4 is 17.7 Å². The lowest BCUT2D eigenvalue weighted by Crippen LogP contribution is -2.47. The molecule has 3 nitrogen and oxygen atoms in total. The van der Waals surface area contributed by atoms with E-state index in [4.69, 9.17) is 0 Å². The quantitative estimate of drug-likeness (QED) is 0.646. The normalized spacial score (nSPS) is 14.4. The van der Waals surface area contributed by atoms with Crippen molar-refractivity contribution in [2.75, 3.05) is 24.6 Å². The second-order valence-electron chi connectivity index (χ2n) is 4.29. The molecule has 0 saturated heterocycles. The van der Waals surface area contributed by atoms with E-state index in [0.29, 0.717) is 6.04 Å². The molecule has 102 valence electrons. The molecule has 4 heteroatoms. The van der Waals surface area contributed by atoms with Crippen LogP contribution in [0.2, 0.25) is 0 Å². The van der Waals surface area contributed by atoms with Gasteiger partial charge < -0.3 is 10.2 Å². The SMILES string of the molecule is CCSCCC(C)NC(C)C(=O)N(CC)CC. The highest BCUT2D eigenvalue weighted by Crippen LogP contribution is 2.05. The fourth-order valence-electron chi connectivity index (χ4n) is 1.79. The van der Waals surface area contributed by atoms with E-state index in [0.717, 1.165) is 25.3 Å². The molecule has 2 atom stereocenters. The van der Waals surface area contributed by atoms with Crippen molar-refractivity contribution in [3.63, 3.8) is 0 Å². The zero-order chi connectivity index (χ0) is 13.3. The molecule has 0 radical (unpaired) electrons. The van der Waals surface area contributed by atoms with Crippen molar-refractivity contribution in [1.29, 1.82) is 0 Å². The Bertz CT molecular complexity index is 208. The zero-order valence-electron chi connectivity index (χ0n) is 12.0. The molecule has 0 aromatic heterocycles. The van der Waals surface area contributed by atoms with Gasteiger partial charge in [-0.05, 0) is 45.6 Å². The summed E-state index contributed by atoms with van der Waals surface area (Å²) in [6.07, 6.45) is 1.12. The maximum absolute atomic E-state index is 12.0. The van der Waals surface area contributed by atoms with Crippen LogP contribution in [-0.2, 0) is 4.79 Å². The molecule has 0 spiro atoms. The number of amides is 1. The van der Waals surface area contributed by atoms with Crippen molar-refractivity contribution in [3.05, 3.63) is 0 Å². The summed E-state index contributed by atoms with van der Waals surface area (Å²) in [5, 5.41) is 3.38. The Balaban J connectivity index is 3.97. The highest BCUT2D eigenvalue weighted by molar-refractivity contribution is 7.99. The van der Waals surface area contributed by atoms with Crippen molar-refractivity contribution in [3.8, 4) is 0 Å². The molecule has 0 aliphatic rings. The number of thioether (sulfide) groups is 1. The van der Waals surface area contributed by atoms with Crippen molar-refractivity contribution in [2.24, 2.45) is 0 Å². The summed E-state index contributed by atoms with van der Waals surface area (Å²) >= 11 is 1.95. The number of hydrogen-bond donors (Lipinski definition) is 1. The third-order valence-electron chi connectivity index (χ3n) is 2.88. The van der Waals surface area contributed by atoms with Gasteiger partial charge in [0, 0.05) is 19.1 Å². The van der Waals surface area contributed by atoms with Gasteiger partial charge in [0.2, 0.25) is 5.91 Å². The summed E-state index contributed by atoms with van der Waals surface area (Å²) in [6.45, 7) is 11.9. The number of nitrogens with zero attached hydrogens (tertiary/aromatic N) is 1. The number of nitrogens with one attached hydrogen (secondary N) is 1. The number of carbonyl (C=O) groups excluding carboxylic acids is 1. The third kappa shape index (κ3) is 6.94. The number of rotatable bonds is 9. The number of hydrogen-bond acceptors (Lipinski definition) is 3. The van der Waals surface area contributed by atoms with Crippen LogP contribution in [0.5, 0.6) is 0 Å². The molecule has 17 heavy (non-hydrogen) atoms. The van der Waals surface area contributed by atoms with E-state index in [1.165, 1.54) is 5.75 Å². The van der Waals surface area contributed by atoms with Gasteiger partial charge in [-0.2, -0.15) is 11.8 Å². The summed E-state index contributed by atoms with van der Waals surface area (Å²) in [4.78, 5) is 13.9. The van der Waals surface area contributed by atoms with Gasteiger partial charge in [0.25, 0.3) is 0 Å². The van der Waals surface area contributed by atoms with Gasteiger partial charge in [-0.15, -0.1) is 0 Å². The Kier molecular flexibility index (Phi) is 9.65. The molecular formula is C13H28N2OS. The molecule has 0 aromatic rings. The topological polar surface area (TPSA) is 32.3 Å². The average molecular weight is 260 g/mol. The molecule has 1 amide bonds. The molecule has 0 aliphatic heterocycles. The predicted octanol–water partition coefficient (Wildman–Crippen LogP) is 2.36. The lowest BCUT2D eigenvalue weighted by atomic mass is 10.2. The lowest BCUT2D eigenvalue weighted by molar-refractivity contribution is -0.132. The van der Waals surface area contributed by atoms with Crippen LogP contribution in [0, 0.1) is 0 Å². The highest BCUT2D eigenvalue weighted by atomic mass is 32.2. The Morgan fingerprint density at radius 2 is 1.82 bits per heavy atom. The molecule has 2 unspecified atom stereocenters. The van der Waals surface area contributed by atoms with Crippen LogP contribution < -0.4 is 5.32 Å². The minimum Gasteiger partial charge on any atom is -0.342 e. The Labute approximate surface area is 111 Å². The predicted molar refractivity (Wildman–Crippen MR) is 77.6 cm³/mol. The van der Waals surface area contributed by atoms with E-state index in [1.807, 2.05) is 37.4 Å². The van der Waals surface area contributed by atoms with Crippen LogP contribution in [0.15, 0.2) is 0 Å². The van der Waals surface area contributed by atoms with Crippen LogP contribution in [0.25, 0.3) is 0 Å². The molecule has 0 aliphatic carbocycles. The minimum atomic E-state index is -0.0727. The molecule has 0 rings (SSSR count). The van der Waals surface area contributed by atoms with E-state index in [-0.39, 0.29) is 11.9 Å². The van der Waals surface area contributed by atoms with Gasteiger partial charge in [-0.25, -0.2) is 0 Å². The highest BCUT2D eigenvalue weighted by Gasteiger charge is 2.19. The third-order valence-corrected chi connectivity index (χ3v) is 3.81. The van der Waals surface area contributed by atoms with Gasteiger partial charge in [-0.3, -0.25) is 4.79 Å². The Morgan fingerprint density at radius 1 is 1.24 bits per heavy atom. The summed E-state index contributed by atoms with van der Waals surface area (Å²) in [7, 11) is 0. The van der Waals surface area contributed by atoms with Gasteiger partial charge in [0.1, 0.15) is 0 Å². The molecule has 0 bridgehead atoms. The molecule has 0 heterocycles. The van der Waals surface area contributed by atoms with Gasteiger partial charge in [-0.1, -0.05) is 6.92 Å². The monoisotopic (exact) mass is 260 g/mol. The van der Waals surface area contributed by atoms with E-state index in [2.05, 4.69) is 19.2 Å². The smallest absolute Gasteiger partial charge is 0.239 e. The van der Waals surface area contributed by atoms with Crippen molar-refractivity contribution < 1.29 is 4.79 Å².